The predicted molar refractivity (Wildman–Crippen MR) is 66.0 cm³/mol. The Morgan fingerprint density at radius 2 is 2.18 bits per heavy atom. The largest absolute Gasteiger partial charge is 0.374 e. The van der Waals surface area contributed by atoms with Gasteiger partial charge in [-0.1, -0.05) is 13.8 Å². The third-order valence-electron chi connectivity index (χ3n) is 2.50. The predicted octanol–water partition coefficient (Wildman–Crippen LogP) is 0.0713. The van der Waals surface area contributed by atoms with Crippen LogP contribution in [0.25, 0.3) is 0 Å². The lowest BCUT2D eigenvalue weighted by molar-refractivity contribution is -0.117. The van der Waals surface area contributed by atoms with Gasteiger partial charge in [-0.25, -0.2) is 0 Å². The van der Waals surface area contributed by atoms with Gasteiger partial charge in [-0.05, 0) is 5.92 Å². The van der Waals surface area contributed by atoms with Gasteiger partial charge in [0.2, 0.25) is 0 Å². The zero-order chi connectivity index (χ0) is 12.7. The molecule has 1 rings (SSSR count). The first-order valence-electron chi connectivity index (χ1n) is 5.98. The monoisotopic (exact) mass is 236 g/mol. The molecular weight excluding hydrogens is 216 g/mol. The fourth-order valence-corrected chi connectivity index (χ4v) is 1.52. The standard InChI is InChI=1S/C12H20N4O/c1-10(2)8-15-12(17)11(7-13)9-16-5-3-14-4-6-16/h9-10,14H,3-6,8H2,1-2H3,(H,15,17)/b11-9-. The van der Waals surface area contributed by atoms with Gasteiger partial charge in [0.25, 0.3) is 5.91 Å². The molecular formula is C12H20N4O. The first-order valence-corrected chi connectivity index (χ1v) is 5.98. The lowest BCUT2D eigenvalue weighted by Crippen LogP contribution is -2.41. The van der Waals surface area contributed by atoms with E-state index in [-0.39, 0.29) is 11.5 Å². The van der Waals surface area contributed by atoms with E-state index in [1.54, 1.807) is 6.20 Å². The summed E-state index contributed by atoms with van der Waals surface area (Å²) in [6.07, 6.45) is 1.66. The van der Waals surface area contributed by atoms with E-state index < -0.39 is 0 Å². The highest BCUT2D eigenvalue weighted by Gasteiger charge is 2.12. The molecule has 0 radical (unpaired) electrons. The summed E-state index contributed by atoms with van der Waals surface area (Å²) in [6, 6.07) is 1.96. The average Bonchev–Trinajstić information content (AvgIpc) is 2.34. The van der Waals surface area contributed by atoms with Crippen LogP contribution in [-0.4, -0.2) is 43.5 Å². The maximum Gasteiger partial charge on any atom is 0.263 e. The number of piperazine rings is 1. The Labute approximate surface area is 102 Å². The lowest BCUT2D eigenvalue weighted by atomic mass is 10.2. The number of hydrogen-bond donors (Lipinski definition) is 2. The Morgan fingerprint density at radius 1 is 1.53 bits per heavy atom. The van der Waals surface area contributed by atoms with Crippen molar-refractivity contribution in [2.45, 2.75) is 13.8 Å². The molecule has 0 aromatic carbocycles. The number of nitrogens with one attached hydrogen (secondary N) is 2. The van der Waals surface area contributed by atoms with E-state index in [4.69, 9.17) is 5.26 Å². The van der Waals surface area contributed by atoms with E-state index in [1.807, 2.05) is 24.8 Å². The molecule has 0 unspecified atom stereocenters. The van der Waals surface area contributed by atoms with Gasteiger partial charge >= 0.3 is 0 Å². The zero-order valence-corrected chi connectivity index (χ0v) is 10.5. The Bertz CT molecular complexity index is 324. The summed E-state index contributed by atoms with van der Waals surface area (Å²) in [7, 11) is 0. The van der Waals surface area contributed by atoms with E-state index in [2.05, 4.69) is 10.6 Å². The average molecular weight is 236 g/mol. The number of rotatable bonds is 4. The SMILES string of the molecule is CC(C)CNC(=O)/C(C#N)=C\N1CCNCC1. The molecule has 5 nitrogen and oxygen atoms in total. The summed E-state index contributed by atoms with van der Waals surface area (Å²) < 4.78 is 0. The van der Waals surface area contributed by atoms with E-state index in [9.17, 15) is 4.79 Å². The van der Waals surface area contributed by atoms with Crippen LogP contribution in [0.1, 0.15) is 13.8 Å². The molecule has 1 fully saturated rings. The molecule has 1 heterocycles. The molecule has 0 saturated carbocycles. The highest BCUT2D eigenvalue weighted by molar-refractivity contribution is 5.97. The van der Waals surface area contributed by atoms with Crippen molar-refractivity contribution in [2.75, 3.05) is 32.7 Å². The van der Waals surface area contributed by atoms with Crippen molar-refractivity contribution < 1.29 is 4.79 Å². The molecule has 1 aliphatic heterocycles. The summed E-state index contributed by atoms with van der Waals surface area (Å²) in [6.45, 7) is 8.09. The lowest BCUT2D eigenvalue weighted by Gasteiger charge is -2.26. The van der Waals surface area contributed by atoms with Crippen molar-refractivity contribution in [3.8, 4) is 6.07 Å². The molecule has 17 heavy (non-hydrogen) atoms. The van der Waals surface area contributed by atoms with Crippen LogP contribution in [0.3, 0.4) is 0 Å². The van der Waals surface area contributed by atoms with E-state index >= 15 is 0 Å². The van der Waals surface area contributed by atoms with Gasteiger partial charge in [-0.15, -0.1) is 0 Å². The van der Waals surface area contributed by atoms with Crippen LogP contribution in [0.2, 0.25) is 0 Å². The fraction of sp³-hybridized carbons (Fsp3) is 0.667. The molecule has 0 spiro atoms. The highest BCUT2D eigenvalue weighted by Crippen LogP contribution is 2.00. The molecule has 5 heteroatoms. The third kappa shape index (κ3) is 4.87. The van der Waals surface area contributed by atoms with E-state index in [0.717, 1.165) is 26.2 Å². The number of carbonyl (C=O) groups excluding carboxylic acids is 1. The molecule has 0 aromatic rings. The minimum absolute atomic E-state index is 0.188. The first-order chi connectivity index (χ1) is 8.13. The van der Waals surface area contributed by atoms with Crippen molar-refractivity contribution >= 4 is 5.91 Å². The van der Waals surface area contributed by atoms with Crippen LogP contribution in [0.15, 0.2) is 11.8 Å². The molecule has 0 aromatic heterocycles. The number of amides is 1. The molecule has 0 aliphatic carbocycles. The van der Waals surface area contributed by atoms with Gasteiger partial charge in [0.15, 0.2) is 0 Å². The molecule has 1 amide bonds. The fourth-order valence-electron chi connectivity index (χ4n) is 1.52. The maximum atomic E-state index is 11.7. The quantitative estimate of drug-likeness (QED) is 0.535. The number of carbonyl (C=O) groups is 1. The minimum Gasteiger partial charge on any atom is -0.374 e. The summed E-state index contributed by atoms with van der Waals surface area (Å²) >= 11 is 0. The number of nitrogens with zero attached hydrogens (tertiary/aromatic N) is 2. The molecule has 0 bridgehead atoms. The van der Waals surface area contributed by atoms with Crippen molar-refractivity contribution in [3.63, 3.8) is 0 Å². The van der Waals surface area contributed by atoms with Crippen molar-refractivity contribution in [1.82, 2.24) is 15.5 Å². The van der Waals surface area contributed by atoms with Crippen molar-refractivity contribution in [2.24, 2.45) is 5.92 Å². The van der Waals surface area contributed by atoms with Crippen LogP contribution >= 0.6 is 0 Å². The van der Waals surface area contributed by atoms with Gasteiger partial charge in [0, 0.05) is 38.9 Å². The van der Waals surface area contributed by atoms with Crippen LogP contribution in [0.4, 0.5) is 0 Å². The van der Waals surface area contributed by atoms with E-state index in [1.165, 1.54) is 0 Å². The molecule has 1 saturated heterocycles. The molecule has 1 aliphatic rings. The second-order valence-electron chi connectivity index (χ2n) is 4.54. The summed E-state index contributed by atoms with van der Waals surface area (Å²) in [5, 5.41) is 14.9. The number of nitriles is 1. The Kier molecular flexibility index (Phi) is 5.50. The van der Waals surface area contributed by atoms with Gasteiger partial charge in [0.05, 0.1) is 0 Å². The Balaban J connectivity index is 2.54. The minimum atomic E-state index is -0.278. The summed E-state index contributed by atoms with van der Waals surface area (Å²) in [5.41, 5.74) is 0.188. The van der Waals surface area contributed by atoms with Gasteiger partial charge in [-0.3, -0.25) is 4.79 Å². The Hall–Kier alpha value is -1.54. The summed E-state index contributed by atoms with van der Waals surface area (Å²) in [5.74, 6) is 0.109. The highest BCUT2D eigenvalue weighted by atomic mass is 16.1. The van der Waals surface area contributed by atoms with Gasteiger partial charge < -0.3 is 15.5 Å². The third-order valence-corrected chi connectivity index (χ3v) is 2.50. The van der Waals surface area contributed by atoms with E-state index in [0.29, 0.717) is 12.5 Å². The first kappa shape index (κ1) is 13.5. The van der Waals surface area contributed by atoms with Crippen LogP contribution in [-0.2, 0) is 4.79 Å². The summed E-state index contributed by atoms with van der Waals surface area (Å²) in [4.78, 5) is 13.7. The van der Waals surface area contributed by atoms with Crippen LogP contribution in [0, 0.1) is 17.2 Å². The molecule has 94 valence electrons. The van der Waals surface area contributed by atoms with Crippen molar-refractivity contribution in [1.29, 1.82) is 5.26 Å². The van der Waals surface area contributed by atoms with Crippen molar-refractivity contribution in [3.05, 3.63) is 11.8 Å². The molecule has 2 N–H and O–H groups in total. The normalized spacial score (nSPS) is 16.8. The topological polar surface area (TPSA) is 68.2 Å². The second-order valence-corrected chi connectivity index (χ2v) is 4.54. The van der Waals surface area contributed by atoms with Gasteiger partial charge in [0.1, 0.15) is 11.6 Å². The molecule has 0 atom stereocenters. The van der Waals surface area contributed by atoms with Crippen LogP contribution < -0.4 is 10.6 Å². The zero-order valence-electron chi connectivity index (χ0n) is 10.5. The Morgan fingerprint density at radius 3 is 2.71 bits per heavy atom. The second kappa shape index (κ2) is 6.92. The van der Waals surface area contributed by atoms with Crippen LogP contribution in [0.5, 0.6) is 0 Å². The maximum absolute atomic E-state index is 11.7. The van der Waals surface area contributed by atoms with Gasteiger partial charge in [-0.2, -0.15) is 5.26 Å². The number of hydrogen-bond acceptors (Lipinski definition) is 4. The smallest absolute Gasteiger partial charge is 0.263 e.